The highest BCUT2D eigenvalue weighted by Crippen LogP contribution is 2.20. The smallest absolute Gasteiger partial charge is 0.326 e. The molecule has 0 bridgehead atoms. The molecule has 6 nitrogen and oxygen atoms in total. The highest BCUT2D eigenvalue weighted by atomic mass is 32.2. The third-order valence-electron chi connectivity index (χ3n) is 3.67. The molecule has 0 aliphatic rings. The maximum absolute atomic E-state index is 12.6. The first-order chi connectivity index (χ1) is 12.4. The van der Waals surface area contributed by atoms with Crippen LogP contribution in [0.25, 0.3) is 10.2 Å². The number of aryl methyl sites for hydroxylation is 1. The number of esters is 1. The van der Waals surface area contributed by atoms with Gasteiger partial charge < -0.3 is 9.30 Å². The van der Waals surface area contributed by atoms with Gasteiger partial charge in [-0.3, -0.25) is 4.79 Å². The van der Waals surface area contributed by atoms with Gasteiger partial charge in [0, 0.05) is 0 Å². The Bertz CT molecular complexity index is 1110. The van der Waals surface area contributed by atoms with Gasteiger partial charge in [-0.05, 0) is 43.7 Å². The van der Waals surface area contributed by atoms with Crippen LogP contribution in [0.4, 0.5) is 0 Å². The molecule has 0 unspecified atom stereocenters. The maximum Gasteiger partial charge on any atom is 0.326 e. The summed E-state index contributed by atoms with van der Waals surface area (Å²) in [6.45, 7) is 3.84. The Labute approximate surface area is 155 Å². The van der Waals surface area contributed by atoms with Crippen LogP contribution in [0.2, 0.25) is 0 Å². The molecule has 0 saturated carbocycles. The number of fused-ring (bicyclic) bond motifs is 1. The molecule has 0 saturated heterocycles. The van der Waals surface area contributed by atoms with Gasteiger partial charge in [-0.1, -0.05) is 35.6 Å². The first-order valence-electron chi connectivity index (χ1n) is 8.02. The topological polar surface area (TPSA) is 77.7 Å². The van der Waals surface area contributed by atoms with Gasteiger partial charge in [-0.2, -0.15) is 8.42 Å². The van der Waals surface area contributed by atoms with Crippen molar-refractivity contribution in [3.63, 3.8) is 0 Å². The van der Waals surface area contributed by atoms with Crippen molar-refractivity contribution in [2.24, 2.45) is 4.40 Å². The van der Waals surface area contributed by atoms with E-state index in [2.05, 4.69) is 4.40 Å². The molecular weight excluding hydrogens is 372 g/mol. The van der Waals surface area contributed by atoms with Crippen LogP contribution in [0.15, 0.2) is 57.8 Å². The SMILES string of the molecule is CCOC(=O)Cn1/c(=N/S(=O)(=O)c2ccccc2)sc2cc(C)ccc21. The number of carbonyl (C=O) groups is 1. The van der Waals surface area contributed by atoms with Gasteiger partial charge in [0.2, 0.25) is 4.80 Å². The Hall–Kier alpha value is -2.45. The van der Waals surface area contributed by atoms with Gasteiger partial charge in [-0.15, -0.1) is 4.40 Å². The van der Waals surface area contributed by atoms with Crippen LogP contribution in [0.5, 0.6) is 0 Å². The van der Waals surface area contributed by atoms with Crippen molar-refractivity contribution in [2.45, 2.75) is 25.3 Å². The lowest BCUT2D eigenvalue weighted by molar-refractivity contribution is -0.143. The number of nitrogens with zero attached hydrogens (tertiary/aromatic N) is 2. The third-order valence-corrected chi connectivity index (χ3v) is 6.11. The third kappa shape index (κ3) is 3.86. The van der Waals surface area contributed by atoms with Crippen molar-refractivity contribution < 1.29 is 17.9 Å². The van der Waals surface area contributed by atoms with E-state index < -0.39 is 16.0 Å². The van der Waals surface area contributed by atoms with Crippen LogP contribution in [0, 0.1) is 6.92 Å². The molecule has 0 amide bonds. The van der Waals surface area contributed by atoms with Gasteiger partial charge in [0.25, 0.3) is 10.0 Å². The van der Waals surface area contributed by atoms with Gasteiger partial charge in [-0.25, -0.2) is 0 Å². The average Bonchev–Trinajstić information content (AvgIpc) is 2.91. The van der Waals surface area contributed by atoms with Crippen molar-refractivity contribution in [2.75, 3.05) is 6.61 Å². The second kappa shape index (κ2) is 7.43. The normalized spacial score (nSPS) is 12.5. The number of hydrogen-bond acceptors (Lipinski definition) is 5. The summed E-state index contributed by atoms with van der Waals surface area (Å²) in [5.41, 5.74) is 1.79. The molecule has 0 aliphatic carbocycles. The van der Waals surface area contributed by atoms with Gasteiger partial charge in [0.15, 0.2) is 0 Å². The number of benzene rings is 2. The van der Waals surface area contributed by atoms with Crippen LogP contribution in [0.3, 0.4) is 0 Å². The highest BCUT2D eigenvalue weighted by molar-refractivity contribution is 7.90. The summed E-state index contributed by atoms with van der Waals surface area (Å²) in [7, 11) is -3.88. The zero-order valence-electron chi connectivity index (χ0n) is 14.4. The Morgan fingerprint density at radius 3 is 2.62 bits per heavy atom. The molecule has 0 spiro atoms. The molecule has 136 valence electrons. The van der Waals surface area contributed by atoms with Gasteiger partial charge in [0.1, 0.15) is 6.54 Å². The molecule has 26 heavy (non-hydrogen) atoms. The fourth-order valence-electron chi connectivity index (χ4n) is 2.49. The molecule has 0 atom stereocenters. The van der Waals surface area contributed by atoms with E-state index in [1.54, 1.807) is 29.7 Å². The van der Waals surface area contributed by atoms with Gasteiger partial charge in [0.05, 0.1) is 21.7 Å². The molecule has 2 aromatic carbocycles. The summed E-state index contributed by atoms with van der Waals surface area (Å²) < 4.78 is 36.7. The monoisotopic (exact) mass is 390 g/mol. The van der Waals surface area contributed by atoms with Crippen molar-refractivity contribution in [3.05, 3.63) is 58.9 Å². The fourth-order valence-corrected chi connectivity index (χ4v) is 4.84. The molecule has 0 fully saturated rings. The predicted molar refractivity (Wildman–Crippen MR) is 100 cm³/mol. The van der Waals surface area contributed by atoms with E-state index in [-0.39, 0.29) is 22.8 Å². The van der Waals surface area contributed by atoms with Crippen LogP contribution < -0.4 is 4.80 Å². The Morgan fingerprint density at radius 1 is 1.19 bits per heavy atom. The number of ether oxygens (including phenoxy) is 1. The van der Waals surface area contributed by atoms with E-state index in [0.717, 1.165) is 15.8 Å². The zero-order chi connectivity index (χ0) is 18.7. The summed E-state index contributed by atoms with van der Waals surface area (Å²) in [6, 6.07) is 13.7. The van der Waals surface area contributed by atoms with Gasteiger partial charge >= 0.3 is 5.97 Å². The number of rotatable bonds is 5. The van der Waals surface area contributed by atoms with Crippen LogP contribution in [-0.4, -0.2) is 25.6 Å². The highest BCUT2D eigenvalue weighted by Gasteiger charge is 2.16. The molecule has 0 N–H and O–H groups in total. The summed E-state index contributed by atoms with van der Waals surface area (Å²) in [5.74, 6) is -0.439. The first-order valence-corrected chi connectivity index (χ1v) is 10.3. The molecule has 0 radical (unpaired) electrons. The Balaban J connectivity index is 2.19. The molecule has 0 aliphatic heterocycles. The quantitative estimate of drug-likeness (QED) is 0.628. The lowest BCUT2D eigenvalue weighted by Gasteiger charge is -2.05. The van der Waals surface area contributed by atoms with E-state index >= 15 is 0 Å². The van der Waals surface area contributed by atoms with Crippen molar-refractivity contribution in [3.8, 4) is 0 Å². The van der Waals surface area contributed by atoms with Crippen molar-refractivity contribution >= 4 is 37.5 Å². The lowest BCUT2D eigenvalue weighted by atomic mass is 10.2. The standard InChI is InChI=1S/C18H18N2O4S2/c1-3-24-17(21)12-20-15-10-9-13(2)11-16(15)25-18(20)19-26(22,23)14-7-5-4-6-8-14/h4-11H,3,12H2,1-2H3/b19-18-. The Morgan fingerprint density at radius 2 is 1.92 bits per heavy atom. The summed E-state index contributed by atoms with van der Waals surface area (Å²) in [5, 5.41) is 0. The number of sulfonamides is 1. The average molecular weight is 390 g/mol. The van der Waals surface area contributed by atoms with E-state index in [1.807, 2.05) is 25.1 Å². The number of thiazole rings is 1. The predicted octanol–water partition coefficient (Wildman–Crippen LogP) is 2.86. The van der Waals surface area contributed by atoms with Crippen molar-refractivity contribution in [1.82, 2.24) is 4.57 Å². The summed E-state index contributed by atoms with van der Waals surface area (Å²) in [6.07, 6.45) is 0. The Kier molecular flexibility index (Phi) is 5.24. The number of aromatic nitrogens is 1. The first kappa shape index (κ1) is 18.3. The molecule has 1 aromatic heterocycles. The second-order valence-corrected chi connectivity index (χ2v) is 8.24. The minimum absolute atomic E-state index is 0.0972. The number of hydrogen-bond donors (Lipinski definition) is 0. The summed E-state index contributed by atoms with van der Waals surface area (Å²) in [4.78, 5) is 12.3. The fraction of sp³-hybridized carbons (Fsp3) is 0.222. The number of carbonyl (C=O) groups excluding carboxylic acids is 1. The second-order valence-electron chi connectivity index (χ2n) is 5.63. The molecule has 3 rings (SSSR count). The molecule has 3 aromatic rings. The van der Waals surface area contributed by atoms with Crippen LogP contribution in [0.1, 0.15) is 12.5 Å². The largest absolute Gasteiger partial charge is 0.465 e. The van der Waals surface area contributed by atoms with E-state index in [4.69, 9.17) is 4.74 Å². The lowest BCUT2D eigenvalue weighted by Crippen LogP contribution is -2.23. The minimum Gasteiger partial charge on any atom is -0.465 e. The van der Waals surface area contributed by atoms with E-state index in [9.17, 15) is 13.2 Å². The van der Waals surface area contributed by atoms with E-state index in [1.165, 1.54) is 23.5 Å². The van der Waals surface area contributed by atoms with Crippen LogP contribution >= 0.6 is 11.3 Å². The molecule has 8 heteroatoms. The van der Waals surface area contributed by atoms with Crippen molar-refractivity contribution in [1.29, 1.82) is 0 Å². The minimum atomic E-state index is -3.88. The van der Waals surface area contributed by atoms with E-state index in [0.29, 0.717) is 0 Å². The molecular formula is C18H18N2O4S2. The molecule has 1 heterocycles. The summed E-state index contributed by atoms with van der Waals surface area (Å²) >= 11 is 1.23. The zero-order valence-corrected chi connectivity index (χ0v) is 16.0. The van der Waals surface area contributed by atoms with Crippen LogP contribution in [-0.2, 0) is 26.1 Å². The maximum atomic E-state index is 12.6.